The van der Waals surface area contributed by atoms with Crippen LogP contribution in [0.3, 0.4) is 0 Å². The lowest BCUT2D eigenvalue weighted by molar-refractivity contribution is 0.567. The van der Waals surface area contributed by atoms with Gasteiger partial charge in [0, 0.05) is 25.2 Å². The molecule has 1 aromatic heterocycles. The largest absolute Gasteiger partial charge is 0.370 e. The second-order valence-electron chi connectivity index (χ2n) is 5.77. The second-order valence-corrected chi connectivity index (χ2v) is 5.77. The SMILES string of the molecule is NCCCNc1nc(N2CCCCC2)nc2c1CCC2. The van der Waals surface area contributed by atoms with Crippen LogP contribution in [0.5, 0.6) is 0 Å². The first kappa shape index (κ1) is 13.6. The van der Waals surface area contributed by atoms with Crippen LogP contribution in [0.2, 0.25) is 0 Å². The lowest BCUT2D eigenvalue weighted by Crippen LogP contribution is -2.31. The van der Waals surface area contributed by atoms with Gasteiger partial charge in [0.05, 0.1) is 5.69 Å². The minimum Gasteiger partial charge on any atom is -0.370 e. The predicted molar refractivity (Wildman–Crippen MR) is 82.3 cm³/mol. The van der Waals surface area contributed by atoms with Gasteiger partial charge in [-0.15, -0.1) is 0 Å². The van der Waals surface area contributed by atoms with Crippen LogP contribution >= 0.6 is 0 Å². The third kappa shape index (κ3) is 2.87. The molecule has 0 atom stereocenters. The number of nitrogens with zero attached hydrogens (tertiary/aromatic N) is 3. The first-order valence-electron chi connectivity index (χ1n) is 7.97. The van der Waals surface area contributed by atoms with Crippen molar-refractivity contribution in [3.05, 3.63) is 11.3 Å². The lowest BCUT2D eigenvalue weighted by atomic mass is 10.1. The molecule has 0 amide bonds. The van der Waals surface area contributed by atoms with Crippen LogP contribution in [0, 0.1) is 0 Å². The van der Waals surface area contributed by atoms with E-state index in [1.165, 1.54) is 36.9 Å². The van der Waals surface area contributed by atoms with Crippen molar-refractivity contribution in [2.24, 2.45) is 5.73 Å². The fourth-order valence-electron chi connectivity index (χ4n) is 3.11. The molecule has 5 heteroatoms. The first-order chi connectivity index (χ1) is 9.88. The Morgan fingerprint density at radius 3 is 2.70 bits per heavy atom. The summed E-state index contributed by atoms with van der Waals surface area (Å²) in [6.45, 7) is 3.82. The standard InChI is InChI=1S/C15H25N5/c16-8-5-9-17-14-12-6-4-7-13(12)18-15(19-14)20-10-2-1-3-11-20/h1-11,16H2,(H,17,18,19). The van der Waals surface area contributed by atoms with Crippen molar-refractivity contribution in [2.75, 3.05) is 36.4 Å². The van der Waals surface area contributed by atoms with Crippen LogP contribution in [0.15, 0.2) is 0 Å². The van der Waals surface area contributed by atoms with Crippen molar-refractivity contribution < 1.29 is 0 Å². The molecule has 3 N–H and O–H groups in total. The molecule has 0 radical (unpaired) electrons. The second kappa shape index (κ2) is 6.39. The Morgan fingerprint density at radius 1 is 1.05 bits per heavy atom. The zero-order valence-corrected chi connectivity index (χ0v) is 12.2. The third-order valence-corrected chi connectivity index (χ3v) is 4.23. The van der Waals surface area contributed by atoms with Crippen molar-refractivity contribution in [1.82, 2.24) is 9.97 Å². The van der Waals surface area contributed by atoms with Crippen LogP contribution < -0.4 is 16.0 Å². The average Bonchev–Trinajstić information content (AvgIpc) is 2.97. The van der Waals surface area contributed by atoms with Crippen molar-refractivity contribution in [1.29, 1.82) is 0 Å². The van der Waals surface area contributed by atoms with Crippen LogP contribution in [0.25, 0.3) is 0 Å². The number of anilines is 2. The molecule has 3 rings (SSSR count). The highest BCUT2D eigenvalue weighted by Crippen LogP contribution is 2.29. The third-order valence-electron chi connectivity index (χ3n) is 4.23. The molecule has 5 nitrogen and oxygen atoms in total. The highest BCUT2D eigenvalue weighted by Gasteiger charge is 2.22. The van der Waals surface area contributed by atoms with Crippen molar-refractivity contribution in [3.8, 4) is 0 Å². The number of hydrogen-bond acceptors (Lipinski definition) is 5. The van der Waals surface area contributed by atoms with Crippen LogP contribution in [0.1, 0.15) is 43.4 Å². The Balaban J connectivity index is 1.82. The van der Waals surface area contributed by atoms with Gasteiger partial charge in [0.1, 0.15) is 5.82 Å². The van der Waals surface area contributed by atoms with Gasteiger partial charge in [0.25, 0.3) is 0 Å². The van der Waals surface area contributed by atoms with E-state index in [2.05, 4.69) is 10.2 Å². The van der Waals surface area contributed by atoms with Gasteiger partial charge < -0.3 is 16.0 Å². The van der Waals surface area contributed by atoms with Crippen LogP contribution in [0.4, 0.5) is 11.8 Å². The number of piperidine rings is 1. The maximum Gasteiger partial charge on any atom is 0.227 e. The molecule has 0 unspecified atom stereocenters. The van der Waals surface area contributed by atoms with E-state index in [-0.39, 0.29) is 0 Å². The zero-order chi connectivity index (χ0) is 13.8. The summed E-state index contributed by atoms with van der Waals surface area (Å²) in [5.41, 5.74) is 8.17. The molecule has 20 heavy (non-hydrogen) atoms. The Kier molecular flexibility index (Phi) is 4.35. The Labute approximate surface area is 121 Å². The Hall–Kier alpha value is -1.36. The van der Waals surface area contributed by atoms with E-state index >= 15 is 0 Å². The summed E-state index contributed by atoms with van der Waals surface area (Å²) in [7, 11) is 0. The van der Waals surface area contributed by atoms with Gasteiger partial charge in [-0.05, 0) is 51.5 Å². The number of aromatic nitrogens is 2. The monoisotopic (exact) mass is 275 g/mol. The first-order valence-corrected chi connectivity index (χ1v) is 7.97. The van der Waals surface area contributed by atoms with E-state index in [9.17, 15) is 0 Å². The van der Waals surface area contributed by atoms with Gasteiger partial charge >= 0.3 is 0 Å². The molecule has 2 aliphatic rings. The fraction of sp³-hybridized carbons (Fsp3) is 0.733. The molecular weight excluding hydrogens is 250 g/mol. The summed E-state index contributed by atoms with van der Waals surface area (Å²) in [5.74, 6) is 1.99. The smallest absolute Gasteiger partial charge is 0.227 e. The number of aryl methyl sites for hydroxylation is 1. The van der Waals surface area contributed by atoms with E-state index in [1.54, 1.807) is 0 Å². The maximum absolute atomic E-state index is 5.57. The number of fused-ring (bicyclic) bond motifs is 1. The van der Waals surface area contributed by atoms with Gasteiger partial charge in [-0.3, -0.25) is 0 Å². The molecule has 110 valence electrons. The average molecular weight is 275 g/mol. The topological polar surface area (TPSA) is 67.1 Å². The van der Waals surface area contributed by atoms with E-state index in [0.29, 0.717) is 0 Å². The maximum atomic E-state index is 5.57. The molecule has 0 bridgehead atoms. The molecule has 1 aliphatic heterocycles. The van der Waals surface area contributed by atoms with Crippen molar-refractivity contribution >= 4 is 11.8 Å². The van der Waals surface area contributed by atoms with E-state index in [4.69, 9.17) is 15.7 Å². The van der Waals surface area contributed by atoms with Gasteiger partial charge in [-0.2, -0.15) is 4.98 Å². The normalized spacial score (nSPS) is 18.1. The summed E-state index contributed by atoms with van der Waals surface area (Å²) in [4.78, 5) is 12.0. The van der Waals surface area contributed by atoms with Crippen LogP contribution in [-0.4, -0.2) is 36.1 Å². The summed E-state index contributed by atoms with van der Waals surface area (Å²) >= 11 is 0. The van der Waals surface area contributed by atoms with Crippen LogP contribution in [-0.2, 0) is 12.8 Å². The molecule has 2 heterocycles. The number of hydrogen-bond donors (Lipinski definition) is 2. The molecule has 0 spiro atoms. The van der Waals surface area contributed by atoms with Gasteiger partial charge in [0.2, 0.25) is 5.95 Å². The van der Waals surface area contributed by atoms with Gasteiger partial charge in [-0.25, -0.2) is 4.98 Å². The van der Waals surface area contributed by atoms with E-state index in [1.807, 2.05) is 0 Å². The summed E-state index contributed by atoms with van der Waals surface area (Å²) in [6, 6.07) is 0. The zero-order valence-electron chi connectivity index (χ0n) is 12.2. The molecule has 1 aliphatic carbocycles. The van der Waals surface area contributed by atoms with E-state index < -0.39 is 0 Å². The lowest BCUT2D eigenvalue weighted by Gasteiger charge is -2.27. The quantitative estimate of drug-likeness (QED) is 0.801. The Morgan fingerprint density at radius 2 is 1.90 bits per heavy atom. The fourth-order valence-corrected chi connectivity index (χ4v) is 3.11. The minimum atomic E-state index is 0.721. The summed E-state index contributed by atoms with van der Waals surface area (Å²) in [5, 5.41) is 3.47. The molecule has 0 aromatic carbocycles. The summed E-state index contributed by atoms with van der Waals surface area (Å²) < 4.78 is 0. The predicted octanol–water partition coefficient (Wildman–Crippen LogP) is 1.72. The number of nitrogens with one attached hydrogen (secondary N) is 1. The molecular formula is C15H25N5. The number of rotatable bonds is 5. The molecule has 1 fully saturated rings. The highest BCUT2D eigenvalue weighted by atomic mass is 15.3. The van der Waals surface area contributed by atoms with E-state index in [0.717, 1.165) is 57.2 Å². The van der Waals surface area contributed by atoms with Crippen molar-refractivity contribution in [3.63, 3.8) is 0 Å². The highest BCUT2D eigenvalue weighted by molar-refractivity contribution is 5.53. The van der Waals surface area contributed by atoms with Gasteiger partial charge in [-0.1, -0.05) is 0 Å². The van der Waals surface area contributed by atoms with Crippen molar-refractivity contribution in [2.45, 2.75) is 44.9 Å². The molecule has 0 saturated carbocycles. The molecule has 1 saturated heterocycles. The van der Waals surface area contributed by atoms with Gasteiger partial charge in [0.15, 0.2) is 0 Å². The minimum absolute atomic E-state index is 0.721. The number of nitrogens with two attached hydrogens (primary N) is 1. The molecule has 1 aromatic rings. The summed E-state index contributed by atoms with van der Waals surface area (Å²) in [6.07, 6.45) is 8.26. The Bertz CT molecular complexity index is 454.